The second kappa shape index (κ2) is 4.24. The van der Waals surface area contributed by atoms with E-state index in [9.17, 15) is 22.4 Å². The number of hydrogen-bond acceptors (Lipinski definition) is 2. The summed E-state index contributed by atoms with van der Waals surface area (Å²) in [6.07, 6.45) is -3.61. The monoisotopic (exact) mass is 222 g/mol. The highest BCUT2D eigenvalue weighted by molar-refractivity contribution is 5.93. The van der Waals surface area contributed by atoms with Crippen molar-refractivity contribution in [2.24, 2.45) is 0 Å². The molecule has 0 unspecified atom stereocenters. The standard InChI is InChI=1S/C8H6F4N2O/c9-6-2-1-5(3-13-6)7(15)14-4-8(10,11)12/h1-3H,4H2,(H,14,15). The molecule has 1 heterocycles. The van der Waals surface area contributed by atoms with Gasteiger partial charge in [0.25, 0.3) is 5.91 Å². The first-order chi connectivity index (χ1) is 6.88. The highest BCUT2D eigenvalue weighted by Crippen LogP contribution is 2.12. The predicted molar refractivity (Wildman–Crippen MR) is 42.6 cm³/mol. The molecule has 0 radical (unpaired) electrons. The Balaban J connectivity index is 2.58. The first-order valence-corrected chi connectivity index (χ1v) is 3.85. The highest BCUT2D eigenvalue weighted by Gasteiger charge is 2.27. The predicted octanol–water partition coefficient (Wildman–Crippen LogP) is 1.51. The average molecular weight is 222 g/mol. The van der Waals surface area contributed by atoms with Gasteiger partial charge in [-0.3, -0.25) is 4.79 Å². The van der Waals surface area contributed by atoms with Crippen molar-refractivity contribution in [3.63, 3.8) is 0 Å². The lowest BCUT2D eigenvalue weighted by atomic mass is 10.2. The van der Waals surface area contributed by atoms with Gasteiger partial charge in [-0.15, -0.1) is 0 Å². The van der Waals surface area contributed by atoms with Crippen LogP contribution < -0.4 is 5.32 Å². The topological polar surface area (TPSA) is 42.0 Å². The minimum atomic E-state index is -4.47. The summed E-state index contributed by atoms with van der Waals surface area (Å²) >= 11 is 0. The number of carbonyl (C=O) groups excluding carboxylic acids is 1. The van der Waals surface area contributed by atoms with Crippen LogP contribution in [0.25, 0.3) is 0 Å². The van der Waals surface area contributed by atoms with Crippen molar-refractivity contribution in [2.45, 2.75) is 6.18 Å². The number of halogens is 4. The summed E-state index contributed by atoms with van der Waals surface area (Å²) < 4.78 is 47.4. The zero-order valence-electron chi connectivity index (χ0n) is 7.31. The van der Waals surface area contributed by atoms with E-state index in [1.54, 1.807) is 5.32 Å². The number of nitrogens with zero attached hydrogens (tertiary/aromatic N) is 1. The first kappa shape index (κ1) is 11.4. The summed E-state index contributed by atoms with van der Waals surface area (Å²) in [7, 11) is 0. The van der Waals surface area contributed by atoms with Crippen molar-refractivity contribution < 1.29 is 22.4 Å². The molecule has 0 saturated heterocycles. The Morgan fingerprint density at radius 3 is 2.53 bits per heavy atom. The lowest BCUT2D eigenvalue weighted by Gasteiger charge is -2.07. The smallest absolute Gasteiger partial charge is 0.343 e. The van der Waals surface area contributed by atoms with Gasteiger partial charge >= 0.3 is 6.18 Å². The second-order valence-corrected chi connectivity index (χ2v) is 2.67. The minimum Gasteiger partial charge on any atom is -0.343 e. The molecule has 0 atom stereocenters. The third kappa shape index (κ3) is 3.92. The van der Waals surface area contributed by atoms with Gasteiger partial charge in [0.1, 0.15) is 6.54 Å². The first-order valence-electron chi connectivity index (χ1n) is 3.85. The Morgan fingerprint density at radius 1 is 1.40 bits per heavy atom. The van der Waals surface area contributed by atoms with E-state index in [-0.39, 0.29) is 5.56 Å². The third-order valence-corrected chi connectivity index (χ3v) is 1.44. The summed E-state index contributed by atoms with van der Waals surface area (Å²) in [5, 5.41) is 1.63. The molecule has 1 aromatic heterocycles. The van der Waals surface area contributed by atoms with E-state index >= 15 is 0 Å². The van der Waals surface area contributed by atoms with E-state index in [0.29, 0.717) is 0 Å². The SMILES string of the molecule is O=C(NCC(F)(F)F)c1ccc(F)nc1. The number of rotatable bonds is 2. The molecular weight excluding hydrogens is 216 g/mol. The summed E-state index contributed by atoms with van der Waals surface area (Å²) in [6.45, 7) is -1.43. The van der Waals surface area contributed by atoms with Crippen molar-refractivity contribution in [1.82, 2.24) is 10.3 Å². The van der Waals surface area contributed by atoms with E-state index < -0.39 is 24.6 Å². The van der Waals surface area contributed by atoms with Crippen LogP contribution in [-0.2, 0) is 0 Å². The van der Waals surface area contributed by atoms with Gasteiger partial charge in [-0.05, 0) is 12.1 Å². The van der Waals surface area contributed by atoms with Crippen molar-refractivity contribution >= 4 is 5.91 Å². The van der Waals surface area contributed by atoms with Crippen LogP contribution in [0.1, 0.15) is 10.4 Å². The lowest BCUT2D eigenvalue weighted by molar-refractivity contribution is -0.123. The van der Waals surface area contributed by atoms with E-state index in [0.717, 1.165) is 18.3 Å². The molecule has 1 aromatic rings. The Kier molecular flexibility index (Phi) is 3.23. The fourth-order valence-electron chi connectivity index (χ4n) is 0.793. The number of pyridine rings is 1. The molecule has 7 heteroatoms. The van der Waals surface area contributed by atoms with Crippen LogP contribution in [0.3, 0.4) is 0 Å². The molecule has 1 amide bonds. The Hall–Kier alpha value is -1.66. The molecule has 0 aromatic carbocycles. The molecule has 3 nitrogen and oxygen atoms in total. The molecule has 0 aliphatic rings. The normalized spacial score (nSPS) is 11.2. The number of alkyl halides is 3. The molecule has 0 aliphatic carbocycles. The fraction of sp³-hybridized carbons (Fsp3) is 0.250. The van der Waals surface area contributed by atoms with Crippen molar-refractivity contribution in [3.05, 3.63) is 29.8 Å². The largest absolute Gasteiger partial charge is 0.405 e. The van der Waals surface area contributed by atoms with E-state index in [1.165, 1.54) is 0 Å². The summed E-state index contributed by atoms with van der Waals surface area (Å²) in [5.41, 5.74) is -0.124. The molecule has 0 fully saturated rings. The van der Waals surface area contributed by atoms with Crippen LogP contribution in [0.5, 0.6) is 0 Å². The molecule has 15 heavy (non-hydrogen) atoms. The van der Waals surface area contributed by atoms with Crippen LogP contribution in [-0.4, -0.2) is 23.6 Å². The van der Waals surface area contributed by atoms with E-state index in [4.69, 9.17) is 0 Å². The number of amides is 1. The summed E-state index contributed by atoms with van der Waals surface area (Å²) in [6, 6.07) is 1.94. The van der Waals surface area contributed by atoms with Crippen LogP contribution >= 0.6 is 0 Å². The highest BCUT2D eigenvalue weighted by atomic mass is 19.4. The number of nitrogens with one attached hydrogen (secondary N) is 1. The van der Waals surface area contributed by atoms with Gasteiger partial charge in [-0.25, -0.2) is 4.98 Å². The van der Waals surface area contributed by atoms with E-state index in [2.05, 4.69) is 4.98 Å². The van der Waals surface area contributed by atoms with Gasteiger partial charge in [0.05, 0.1) is 5.56 Å². The summed E-state index contributed by atoms with van der Waals surface area (Å²) in [4.78, 5) is 14.2. The van der Waals surface area contributed by atoms with E-state index in [1.807, 2.05) is 0 Å². The van der Waals surface area contributed by atoms with Gasteiger partial charge in [-0.2, -0.15) is 17.6 Å². The molecule has 1 N–H and O–H groups in total. The maximum Gasteiger partial charge on any atom is 0.405 e. The number of hydrogen-bond donors (Lipinski definition) is 1. The third-order valence-electron chi connectivity index (χ3n) is 1.44. The van der Waals surface area contributed by atoms with Crippen LogP contribution in [0.15, 0.2) is 18.3 Å². The maximum atomic E-state index is 12.3. The Bertz CT molecular complexity index is 347. The van der Waals surface area contributed by atoms with Gasteiger partial charge in [-0.1, -0.05) is 0 Å². The Labute approximate surface area is 82.1 Å². The van der Waals surface area contributed by atoms with Crippen LogP contribution in [0.4, 0.5) is 17.6 Å². The van der Waals surface area contributed by atoms with Crippen molar-refractivity contribution in [3.8, 4) is 0 Å². The van der Waals surface area contributed by atoms with Gasteiger partial charge in [0, 0.05) is 6.20 Å². The zero-order valence-corrected chi connectivity index (χ0v) is 7.31. The van der Waals surface area contributed by atoms with Crippen molar-refractivity contribution in [2.75, 3.05) is 6.54 Å². The number of carbonyl (C=O) groups is 1. The summed E-state index contributed by atoms with van der Waals surface area (Å²) in [5.74, 6) is -1.75. The second-order valence-electron chi connectivity index (χ2n) is 2.67. The number of aromatic nitrogens is 1. The van der Waals surface area contributed by atoms with Crippen LogP contribution in [0, 0.1) is 5.95 Å². The van der Waals surface area contributed by atoms with Gasteiger partial charge < -0.3 is 5.32 Å². The average Bonchev–Trinajstić information content (AvgIpc) is 2.14. The lowest BCUT2D eigenvalue weighted by Crippen LogP contribution is -2.33. The van der Waals surface area contributed by atoms with Gasteiger partial charge in [0.2, 0.25) is 5.95 Å². The molecule has 0 spiro atoms. The minimum absolute atomic E-state index is 0.124. The molecule has 1 rings (SSSR count). The fourth-order valence-corrected chi connectivity index (χ4v) is 0.793. The molecule has 0 aliphatic heterocycles. The molecular formula is C8H6F4N2O. The molecule has 0 bridgehead atoms. The van der Waals surface area contributed by atoms with Crippen LogP contribution in [0.2, 0.25) is 0 Å². The zero-order chi connectivity index (χ0) is 11.5. The molecule has 0 saturated carbocycles. The quantitative estimate of drug-likeness (QED) is 0.608. The maximum absolute atomic E-state index is 12.3. The molecule has 82 valence electrons. The van der Waals surface area contributed by atoms with Crippen molar-refractivity contribution in [1.29, 1.82) is 0 Å². The van der Waals surface area contributed by atoms with Gasteiger partial charge in [0.15, 0.2) is 0 Å². The Morgan fingerprint density at radius 2 is 2.07 bits per heavy atom.